The average Bonchev–Trinajstić information content (AvgIpc) is 2.69. The predicted octanol–water partition coefficient (Wildman–Crippen LogP) is 2.99. The first-order valence-corrected chi connectivity index (χ1v) is 6.52. The van der Waals surface area contributed by atoms with E-state index >= 15 is 0 Å². The van der Waals surface area contributed by atoms with Crippen LogP contribution in [0.25, 0.3) is 0 Å². The van der Waals surface area contributed by atoms with Gasteiger partial charge in [0.15, 0.2) is 0 Å². The second kappa shape index (κ2) is 4.60. The molecule has 2 heteroatoms. The van der Waals surface area contributed by atoms with Gasteiger partial charge in [0.1, 0.15) is 0 Å². The Hall–Kier alpha value is -0.790. The van der Waals surface area contributed by atoms with Gasteiger partial charge in [0.2, 0.25) is 5.91 Å². The lowest BCUT2D eigenvalue weighted by atomic mass is 9.85. The number of carbonyl (C=O) groups is 1. The van der Waals surface area contributed by atoms with Crippen molar-refractivity contribution in [3.63, 3.8) is 0 Å². The minimum atomic E-state index is 0.251. The fraction of sp³-hybridized carbons (Fsp3) is 0.786. The number of hydrogen-bond donors (Lipinski definition) is 0. The van der Waals surface area contributed by atoms with E-state index < -0.39 is 0 Å². The largest absolute Gasteiger partial charge is 0.342 e. The number of hydrogen-bond acceptors (Lipinski definition) is 1. The van der Waals surface area contributed by atoms with Crippen molar-refractivity contribution < 1.29 is 4.79 Å². The third kappa shape index (κ3) is 2.66. The average molecular weight is 221 g/mol. The number of rotatable bonds is 1. The Bertz CT molecular complexity index is 285. The van der Waals surface area contributed by atoms with Crippen molar-refractivity contribution in [3.8, 4) is 0 Å². The van der Waals surface area contributed by atoms with Gasteiger partial charge in [0.05, 0.1) is 0 Å². The van der Waals surface area contributed by atoms with Crippen LogP contribution in [0, 0.1) is 11.3 Å². The molecule has 1 aliphatic heterocycles. The van der Waals surface area contributed by atoms with Gasteiger partial charge in [-0.1, -0.05) is 26.0 Å². The zero-order valence-electron chi connectivity index (χ0n) is 10.5. The van der Waals surface area contributed by atoms with E-state index in [-0.39, 0.29) is 5.92 Å². The molecule has 2 rings (SSSR count). The highest BCUT2D eigenvalue weighted by atomic mass is 16.2. The summed E-state index contributed by atoms with van der Waals surface area (Å²) in [6, 6.07) is 0. The van der Waals surface area contributed by atoms with E-state index in [1.807, 2.05) is 0 Å². The van der Waals surface area contributed by atoms with Crippen LogP contribution < -0.4 is 0 Å². The molecule has 1 amide bonds. The molecule has 0 N–H and O–H groups in total. The Morgan fingerprint density at radius 3 is 2.56 bits per heavy atom. The lowest BCUT2D eigenvalue weighted by molar-refractivity contribution is -0.135. The van der Waals surface area contributed by atoms with Gasteiger partial charge >= 0.3 is 0 Å². The Labute approximate surface area is 98.7 Å². The molecule has 0 radical (unpaired) electrons. The molecule has 0 unspecified atom stereocenters. The summed E-state index contributed by atoms with van der Waals surface area (Å²) in [7, 11) is 0. The molecule has 1 heterocycles. The Morgan fingerprint density at radius 2 is 1.88 bits per heavy atom. The highest BCUT2D eigenvalue weighted by Crippen LogP contribution is 2.31. The predicted molar refractivity (Wildman–Crippen MR) is 66.1 cm³/mol. The fourth-order valence-electron chi connectivity index (χ4n) is 2.72. The van der Waals surface area contributed by atoms with Crippen LogP contribution >= 0.6 is 0 Å². The summed E-state index contributed by atoms with van der Waals surface area (Å²) < 4.78 is 0. The molecule has 0 aromatic rings. The monoisotopic (exact) mass is 221 g/mol. The summed E-state index contributed by atoms with van der Waals surface area (Å²) in [6.45, 7) is 6.57. The molecule has 2 aliphatic rings. The van der Waals surface area contributed by atoms with Crippen molar-refractivity contribution in [2.75, 3.05) is 13.1 Å². The third-order valence-electron chi connectivity index (χ3n) is 4.01. The minimum Gasteiger partial charge on any atom is -0.342 e. The summed E-state index contributed by atoms with van der Waals surface area (Å²) in [5.74, 6) is 0.643. The van der Waals surface area contributed by atoms with Gasteiger partial charge in [-0.25, -0.2) is 0 Å². The Balaban J connectivity index is 1.92. The molecule has 0 spiro atoms. The number of amides is 1. The molecule has 1 saturated heterocycles. The van der Waals surface area contributed by atoms with E-state index in [2.05, 4.69) is 30.9 Å². The van der Waals surface area contributed by atoms with E-state index in [0.717, 1.165) is 32.4 Å². The molecule has 1 fully saturated rings. The standard InChI is InChI=1S/C14H23NO/c1-14(2)8-5-10-15(11-9-14)13(16)12-6-3-4-7-12/h3-4,12H,5-11H2,1-2H3. The maximum atomic E-state index is 12.3. The molecule has 1 aliphatic carbocycles. The summed E-state index contributed by atoms with van der Waals surface area (Å²) >= 11 is 0. The molecule has 90 valence electrons. The van der Waals surface area contributed by atoms with E-state index in [9.17, 15) is 4.79 Å². The minimum absolute atomic E-state index is 0.251. The summed E-state index contributed by atoms with van der Waals surface area (Å²) in [5, 5.41) is 0. The Kier molecular flexibility index (Phi) is 3.36. The van der Waals surface area contributed by atoms with E-state index in [4.69, 9.17) is 0 Å². The molecule has 0 aromatic carbocycles. The molecule has 2 nitrogen and oxygen atoms in total. The van der Waals surface area contributed by atoms with Gasteiger partial charge in [-0.15, -0.1) is 0 Å². The highest BCUT2D eigenvalue weighted by molar-refractivity contribution is 5.79. The summed E-state index contributed by atoms with van der Waals surface area (Å²) in [6.07, 6.45) is 9.77. The quantitative estimate of drug-likeness (QED) is 0.623. The van der Waals surface area contributed by atoms with Crippen LogP contribution in [0.4, 0.5) is 0 Å². The van der Waals surface area contributed by atoms with E-state index in [0.29, 0.717) is 11.3 Å². The number of allylic oxidation sites excluding steroid dienone is 2. The molecule has 16 heavy (non-hydrogen) atoms. The van der Waals surface area contributed by atoms with Crippen molar-refractivity contribution in [1.82, 2.24) is 4.90 Å². The number of carbonyl (C=O) groups excluding carboxylic acids is 1. The van der Waals surface area contributed by atoms with Crippen LogP contribution in [0.2, 0.25) is 0 Å². The molecule has 0 bridgehead atoms. The van der Waals surface area contributed by atoms with Gasteiger partial charge in [-0.2, -0.15) is 0 Å². The van der Waals surface area contributed by atoms with Crippen LogP contribution in [0.5, 0.6) is 0 Å². The van der Waals surface area contributed by atoms with Crippen molar-refractivity contribution in [3.05, 3.63) is 12.2 Å². The highest BCUT2D eigenvalue weighted by Gasteiger charge is 2.29. The SMILES string of the molecule is CC1(C)CCCN(C(=O)C2CC=CC2)CC1. The molecular weight excluding hydrogens is 198 g/mol. The zero-order chi connectivity index (χ0) is 11.6. The number of nitrogens with zero attached hydrogens (tertiary/aromatic N) is 1. The molecule has 0 saturated carbocycles. The molecular formula is C14H23NO. The van der Waals surface area contributed by atoms with Gasteiger partial charge < -0.3 is 4.90 Å². The second-order valence-electron chi connectivity index (χ2n) is 5.98. The van der Waals surface area contributed by atoms with Crippen LogP contribution in [0.15, 0.2) is 12.2 Å². The van der Waals surface area contributed by atoms with E-state index in [1.165, 1.54) is 12.8 Å². The summed E-state index contributed by atoms with van der Waals surface area (Å²) in [4.78, 5) is 14.4. The second-order valence-corrected chi connectivity index (χ2v) is 5.98. The van der Waals surface area contributed by atoms with Crippen LogP contribution in [-0.4, -0.2) is 23.9 Å². The smallest absolute Gasteiger partial charge is 0.226 e. The maximum absolute atomic E-state index is 12.3. The summed E-state index contributed by atoms with van der Waals surface area (Å²) in [5.41, 5.74) is 0.420. The lowest BCUT2D eigenvalue weighted by Crippen LogP contribution is -2.36. The lowest BCUT2D eigenvalue weighted by Gasteiger charge is -2.25. The van der Waals surface area contributed by atoms with E-state index in [1.54, 1.807) is 0 Å². The Morgan fingerprint density at radius 1 is 1.19 bits per heavy atom. The van der Waals surface area contributed by atoms with Crippen molar-refractivity contribution in [2.45, 2.75) is 46.0 Å². The first-order valence-electron chi connectivity index (χ1n) is 6.52. The molecule has 0 atom stereocenters. The van der Waals surface area contributed by atoms with Crippen molar-refractivity contribution in [1.29, 1.82) is 0 Å². The van der Waals surface area contributed by atoms with Crippen LogP contribution in [0.3, 0.4) is 0 Å². The topological polar surface area (TPSA) is 20.3 Å². The van der Waals surface area contributed by atoms with Gasteiger partial charge in [-0.3, -0.25) is 4.79 Å². The fourth-order valence-corrected chi connectivity index (χ4v) is 2.72. The third-order valence-corrected chi connectivity index (χ3v) is 4.01. The first kappa shape index (κ1) is 11.7. The van der Waals surface area contributed by atoms with Gasteiger partial charge in [0, 0.05) is 19.0 Å². The number of likely N-dealkylation sites (tertiary alicyclic amines) is 1. The van der Waals surface area contributed by atoms with Gasteiger partial charge in [0.25, 0.3) is 0 Å². The normalized spacial score (nSPS) is 25.8. The van der Waals surface area contributed by atoms with Crippen LogP contribution in [-0.2, 0) is 4.79 Å². The van der Waals surface area contributed by atoms with Crippen LogP contribution in [0.1, 0.15) is 46.0 Å². The van der Waals surface area contributed by atoms with Gasteiger partial charge in [-0.05, 0) is 37.5 Å². The van der Waals surface area contributed by atoms with Crippen molar-refractivity contribution >= 4 is 5.91 Å². The first-order chi connectivity index (χ1) is 7.58. The molecule has 0 aromatic heterocycles. The maximum Gasteiger partial charge on any atom is 0.226 e. The van der Waals surface area contributed by atoms with Crippen molar-refractivity contribution in [2.24, 2.45) is 11.3 Å². The zero-order valence-corrected chi connectivity index (χ0v) is 10.5.